The second-order valence-corrected chi connectivity index (χ2v) is 14.6. The molecule has 12 heteroatoms. The summed E-state index contributed by atoms with van der Waals surface area (Å²) < 4.78 is 30.2. The number of ether oxygens (including phenoxy) is 2. The Balaban J connectivity index is 1.31. The van der Waals surface area contributed by atoms with Crippen LogP contribution in [0.5, 0.6) is 11.5 Å². The van der Waals surface area contributed by atoms with Crippen molar-refractivity contribution >= 4 is 45.3 Å². The van der Waals surface area contributed by atoms with Crippen LogP contribution in [0.1, 0.15) is 64.2 Å². The minimum absolute atomic E-state index is 0.00506. The van der Waals surface area contributed by atoms with Crippen molar-refractivity contribution in [3.05, 3.63) is 70.3 Å². The van der Waals surface area contributed by atoms with E-state index in [1.165, 1.54) is 6.07 Å². The molecule has 0 bridgehead atoms. The van der Waals surface area contributed by atoms with Gasteiger partial charge in [-0.3, -0.25) is 14.4 Å². The SMILES string of the molecule is CCN(CC)C(=O)C1CCCN(C(=O)c2cn3c4c(c(N5CCC(NC(=O)OC(C)(C)C)C5)c(F)cc4c2=O)Oc2cc4ccccc4cc2-3)C1. The summed E-state index contributed by atoms with van der Waals surface area (Å²) in [4.78, 5) is 59.4. The molecule has 4 heterocycles. The van der Waals surface area contributed by atoms with Gasteiger partial charge in [-0.25, -0.2) is 9.18 Å². The number of carbonyl (C=O) groups excluding carboxylic acids is 3. The molecule has 4 aromatic rings. The summed E-state index contributed by atoms with van der Waals surface area (Å²) in [5.41, 5.74) is -0.223. The third kappa shape index (κ3) is 6.36. The molecule has 11 nitrogen and oxygen atoms in total. The van der Waals surface area contributed by atoms with E-state index in [2.05, 4.69) is 5.32 Å². The predicted molar refractivity (Wildman–Crippen MR) is 194 cm³/mol. The lowest BCUT2D eigenvalue weighted by Crippen LogP contribution is -2.47. The Morgan fingerprint density at radius 2 is 1.75 bits per heavy atom. The number of hydrogen-bond acceptors (Lipinski definition) is 7. The molecule has 2 unspecified atom stereocenters. The van der Waals surface area contributed by atoms with Gasteiger partial charge in [-0.15, -0.1) is 0 Å². The first-order chi connectivity index (χ1) is 24.4. The van der Waals surface area contributed by atoms with Gasteiger partial charge in [0.1, 0.15) is 22.4 Å². The summed E-state index contributed by atoms with van der Waals surface area (Å²) in [6.07, 6.45) is 2.85. The lowest BCUT2D eigenvalue weighted by Gasteiger charge is -2.35. The van der Waals surface area contributed by atoms with Gasteiger partial charge in [0.15, 0.2) is 17.3 Å². The largest absolute Gasteiger partial charge is 0.451 e. The highest BCUT2D eigenvalue weighted by molar-refractivity contribution is 6.02. The van der Waals surface area contributed by atoms with E-state index in [4.69, 9.17) is 9.47 Å². The number of nitrogens with zero attached hydrogens (tertiary/aromatic N) is 4. The molecule has 3 aromatic carbocycles. The van der Waals surface area contributed by atoms with Crippen molar-refractivity contribution in [2.24, 2.45) is 5.92 Å². The highest BCUT2D eigenvalue weighted by Crippen LogP contribution is 2.48. The van der Waals surface area contributed by atoms with Crippen molar-refractivity contribution in [1.82, 2.24) is 19.7 Å². The average Bonchev–Trinajstić information content (AvgIpc) is 3.55. The molecular weight excluding hydrogens is 653 g/mol. The number of rotatable bonds is 6. The van der Waals surface area contributed by atoms with Gasteiger partial charge in [0.05, 0.1) is 23.0 Å². The topological polar surface area (TPSA) is 113 Å². The zero-order valence-corrected chi connectivity index (χ0v) is 29.8. The molecule has 2 atom stereocenters. The molecule has 3 amide bonds. The number of anilines is 1. The van der Waals surface area contributed by atoms with Crippen LogP contribution in [0, 0.1) is 11.7 Å². The molecule has 0 radical (unpaired) electrons. The van der Waals surface area contributed by atoms with E-state index < -0.39 is 28.8 Å². The fourth-order valence-electron chi connectivity index (χ4n) is 7.62. The lowest BCUT2D eigenvalue weighted by atomic mass is 9.95. The Morgan fingerprint density at radius 1 is 1.02 bits per heavy atom. The lowest BCUT2D eigenvalue weighted by molar-refractivity contribution is -0.136. The summed E-state index contributed by atoms with van der Waals surface area (Å²) in [5, 5.41) is 4.74. The van der Waals surface area contributed by atoms with Crippen molar-refractivity contribution in [3.8, 4) is 17.2 Å². The molecule has 1 N–H and O–H groups in total. The molecule has 1 aromatic heterocycles. The van der Waals surface area contributed by atoms with Crippen molar-refractivity contribution < 1.29 is 28.2 Å². The number of benzene rings is 3. The monoisotopic (exact) mass is 697 g/mol. The third-order valence-corrected chi connectivity index (χ3v) is 10.1. The number of piperidine rings is 1. The molecule has 51 heavy (non-hydrogen) atoms. The summed E-state index contributed by atoms with van der Waals surface area (Å²) in [7, 11) is 0. The van der Waals surface area contributed by atoms with Crippen molar-refractivity contribution in [2.45, 2.75) is 65.5 Å². The smallest absolute Gasteiger partial charge is 0.407 e. The first-order valence-corrected chi connectivity index (χ1v) is 17.8. The van der Waals surface area contributed by atoms with Crippen LogP contribution in [0.4, 0.5) is 14.9 Å². The third-order valence-electron chi connectivity index (χ3n) is 10.1. The molecule has 2 saturated heterocycles. The molecule has 2 fully saturated rings. The first-order valence-electron chi connectivity index (χ1n) is 17.8. The van der Waals surface area contributed by atoms with Crippen LogP contribution in [0.3, 0.4) is 0 Å². The Labute approximate surface area is 295 Å². The van der Waals surface area contributed by atoms with Crippen molar-refractivity contribution in [1.29, 1.82) is 0 Å². The van der Waals surface area contributed by atoms with Crippen LogP contribution in [-0.4, -0.2) is 83.2 Å². The molecule has 268 valence electrons. The Morgan fingerprint density at radius 3 is 2.45 bits per heavy atom. The average molecular weight is 698 g/mol. The highest BCUT2D eigenvalue weighted by Gasteiger charge is 2.36. The first kappa shape index (κ1) is 34.3. The zero-order chi connectivity index (χ0) is 36.2. The molecule has 0 aliphatic carbocycles. The summed E-state index contributed by atoms with van der Waals surface area (Å²) in [5.74, 6) is -0.892. The Hall–Kier alpha value is -5.13. The predicted octanol–water partition coefficient (Wildman–Crippen LogP) is 6.21. The minimum atomic E-state index is -0.671. The van der Waals surface area contributed by atoms with Crippen LogP contribution in [0.15, 0.2) is 53.5 Å². The number of nitrogens with one attached hydrogen (secondary N) is 1. The maximum atomic E-state index is 16.4. The van der Waals surface area contributed by atoms with E-state index in [0.29, 0.717) is 68.9 Å². The van der Waals surface area contributed by atoms with Crippen LogP contribution in [-0.2, 0) is 9.53 Å². The van der Waals surface area contributed by atoms with Crippen LogP contribution in [0.25, 0.3) is 27.4 Å². The number of halogens is 1. The van der Waals surface area contributed by atoms with E-state index in [1.54, 1.807) is 41.3 Å². The maximum Gasteiger partial charge on any atom is 0.407 e. The molecule has 7 rings (SSSR count). The summed E-state index contributed by atoms with van der Waals surface area (Å²) >= 11 is 0. The normalized spacial score (nSPS) is 18.4. The number of alkyl carbamates (subject to hydrolysis) is 1. The molecular formula is C39H44FN5O6. The van der Waals surface area contributed by atoms with E-state index in [1.807, 2.05) is 55.1 Å². The zero-order valence-electron chi connectivity index (χ0n) is 29.8. The fraction of sp³-hybridized carbons (Fsp3) is 0.436. The Bertz CT molecular complexity index is 2120. The quantitative estimate of drug-likeness (QED) is 0.225. The standard InChI is InChI=1S/C39H44FN5O6/c1-6-42(7-2)36(47)25-13-10-15-44(20-25)37(48)28-22-45-30-17-23-11-8-9-12-24(23)18-31(30)50-35-32(45)27(34(28)46)19-29(40)33(35)43-16-14-26(21-43)41-38(49)51-39(3,4)5/h8-9,11-12,17-19,22,25-26H,6-7,10,13-16,20-21H2,1-5H3,(H,41,49). The van der Waals surface area contributed by atoms with Crippen molar-refractivity contribution in [2.75, 3.05) is 44.2 Å². The number of carbonyl (C=O) groups is 3. The number of amides is 3. The molecule has 0 saturated carbocycles. The number of fused-ring (bicyclic) bond motifs is 3. The van der Waals surface area contributed by atoms with E-state index in [-0.39, 0.29) is 46.8 Å². The number of aromatic nitrogens is 1. The number of hydrogen-bond donors (Lipinski definition) is 1. The fourth-order valence-corrected chi connectivity index (χ4v) is 7.62. The van der Waals surface area contributed by atoms with Gasteiger partial charge < -0.3 is 34.1 Å². The minimum Gasteiger partial charge on any atom is -0.451 e. The van der Waals surface area contributed by atoms with E-state index in [9.17, 15) is 19.2 Å². The second-order valence-electron chi connectivity index (χ2n) is 14.6. The Kier molecular flexibility index (Phi) is 8.89. The van der Waals surface area contributed by atoms with Crippen LogP contribution < -0.4 is 20.4 Å². The molecule has 3 aliphatic heterocycles. The van der Waals surface area contributed by atoms with Crippen molar-refractivity contribution in [3.63, 3.8) is 0 Å². The number of pyridine rings is 1. The van der Waals surface area contributed by atoms with Crippen LogP contribution >= 0.6 is 0 Å². The summed E-state index contributed by atoms with van der Waals surface area (Å²) in [6, 6.07) is 12.5. The van der Waals surface area contributed by atoms with Gasteiger partial charge in [-0.05, 0) is 82.9 Å². The summed E-state index contributed by atoms with van der Waals surface area (Å²) in [6.45, 7) is 11.7. The maximum absolute atomic E-state index is 16.4. The van der Waals surface area contributed by atoms with Gasteiger partial charge in [0, 0.05) is 45.5 Å². The van der Waals surface area contributed by atoms with Gasteiger partial charge in [-0.1, -0.05) is 24.3 Å². The van der Waals surface area contributed by atoms with Gasteiger partial charge >= 0.3 is 6.09 Å². The molecule has 0 spiro atoms. The van der Waals surface area contributed by atoms with Gasteiger partial charge in [0.2, 0.25) is 11.3 Å². The van der Waals surface area contributed by atoms with Gasteiger partial charge in [-0.2, -0.15) is 0 Å². The van der Waals surface area contributed by atoms with E-state index >= 15 is 4.39 Å². The molecule has 3 aliphatic rings. The van der Waals surface area contributed by atoms with Gasteiger partial charge in [0.25, 0.3) is 5.91 Å². The highest BCUT2D eigenvalue weighted by atomic mass is 19.1. The number of likely N-dealkylation sites (tertiary alicyclic amines) is 1. The second kappa shape index (κ2) is 13.2. The van der Waals surface area contributed by atoms with Crippen LogP contribution in [0.2, 0.25) is 0 Å². The van der Waals surface area contributed by atoms with E-state index in [0.717, 1.165) is 10.8 Å².